The highest BCUT2D eigenvalue weighted by Crippen LogP contribution is 2.35. The first-order valence-electron chi connectivity index (χ1n) is 8.13. The van der Waals surface area contributed by atoms with Crippen LogP contribution in [0.5, 0.6) is 5.88 Å². The van der Waals surface area contributed by atoms with Gasteiger partial charge in [-0.1, -0.05) is 0 Å². The van der Waals surface area contributed by atoms with Crippen LogP contribution < -0.4 is 5.32 Å². The third kappa shape index (κ3) is 4.71. The van der Waals surface area contributed by atoms with Gasteiger partial charge in [-0.05, 0) is 43.4 Å². The highest BCUT2D eigenvalue weighted by Gasteiger charge is 2.12. The SMILES string of the molecule is Oc1[nH]c2ccc(F)cc2c1N=NC(=S)NCCCN1CCOCC1. The first-order valence-corrected chi connectivity index (χ1v) is 8.54. The van der Waals surface area contributed by atoms with Crippen molar-refractivity contribution in [3.63, 3.8) is 0 Å². The van der Waals surface area contributed by atoms with E-state index in [1.54, 1.807) is 0 Å². The van der Waals surface area contributed by atoms with E-state index in [9.17, 15) is 9.50 Å². The minimum absolute atomic E-state index is 0.167. The summed E-state index contributed by atoms with van der Waals surface area (Å²) in [6.07, 6.45) is 0.930. The highest BCUT2D eigenvalue weighted by atomic mass is 32.1. The number of nitrogens with one attached hydrogen (secondary N) is 2. The van der Waals surface area contributed by atoms with Gasteiger partial charge in [0.15, 0.2) is 5.69 Å². The Balaban J connectivity index is 1.50. The number of hydrogen-bond donors (Lipinski definition) is 3. The molecule has 2 aromatic rings. The van der Waals surface area contributed by atoms with Crippen molar-refractivity contribution in [3.8, 4) is 5.88 Å². The average Bonchev–Trinajstić information content (AvgIpc) is 2.92. The molecule has 134 valence electrons. The van der Waals surface area contributed by atoms with E-state index in [0.29, 0.717) is 17.4 Å². The number of rotatable bonds is 5. The third-order valence-corrected chi connectivity index (χ3v) is 4.21. The van der Waals surface area contributed by atoms with Crippen molar-refractivity contribution in [3.05, 3.63) is 24.0 Å². The molecule has 0 radical (unpaired) electrons. The van der Waals surface area contributed by atoms with Gasteiger partial charge in [0.2, 0.25) is 11.0 Å². The smallest absolute Gasteiger partial charge is 0.218 e. The molecule has 1 aromatic heterocycles. The molecule has 1 aromatic carbocycles. The normalized spacial score (nSPS) is 15.9. The number of ether oxygens (including phenoxy) is 1. The van der Waals surface area contributed by atoms with Gasteiger partial charge in [-0.25, -0.2) is 4.39 Å². The van der Waals surface area contributed by atoms with Crippen LogP contribution in [0.3, 0.4) is 0 Å². The molecule has 1 aliphatic rings. The molecule has 3 rings (SSSR count). The van der Waals surface area contributed by atoms with Crippen molar-refractivity contribution in [2.24, 2.45) is 10.2 Å². The Hall–Kier alpha value is -2.10. The van der Waals surface area contributed by atoms with E-state index < -0.39 is 5.82 Å². The van der Waals surface area contributed by atoms with Gasteiger partial charge in [0, 0.05) is 25.0 Å². The zero-order chi connectivity index (χ0) is 17.6. The Kier molecular flexibility index (Phi) is 5.90. The molecular weight excluding hydrogens is 345 g/mol. The van der Waals surface area contributed by atoms with E-state index in [-0.39, 0.29) is 16.7 Å². The number of azo groups is 1. The fourth-order valence-corrected chi connectivity index (χ4v) is 2.83. The van der Waals surface area contributed by atoms with E-state index in [0.717, 1.165) is 39.3 Å². The molecule has 0 amide bonds. The van der Waals surface area contributed by atoms with Gasteiger partial charge in [0.1, 0.15) is 5.82 Å². The second-order valence-electron chi connectivity index (χ2n) is 5.75. The summed E-state index contributed by atoms with van der Waals surface area (Å²) in [5.74, 6) is -0.578. The molecule has 25 heavy (non-hydrogen) atoms. The van der Waals surface area contributed by atoms with Crippen molar-refractivity contribution < 1.29 is 14.2 Å². The maximum absolute atomic E-state index is 13.4. The summed E-state index contributed by atoms with van der Waals surface area (Å²) in [6, 6.07) is 4.13. The van der Waals surface area contributed by atoms with Gasteiger partial charge in [-0.2, -0.15) is 0 Å². The summed E-state index contributed by atoms with van der Waals surface area (Å²) < 4.78 is 18.7. The molecule has 0 bridgehead atoms. The topological polar surface area (TPSA) is 85.2 Å². The van der Waals surface area contributed by atoms with Crippen molar-refractivity contribution in [2.75, 3.05) is 39.4 Å². The summed E-state index contributed by atoms with van der Waals surface area (Å²) in [4.78, 5) is 5.06. The minimum Gasteiger partial charge on any atom is -0.493 e. The van der Waals surface area contributed by atoms with Crippen LogP contribution in [-0.2, 0) is 4.74 Å². The number of hydrogen-bond acceptors (Lipinski definition) is 5. The van der Waals surface area contributed by atoms with Crippen LogP contribution in [0, 0.1) is 5.82 Å². The average molecular weight is 365 g/mol. The second-order valence-corrected chi connectivity index (χ2v) is 6.14. The van der Waals surface area contributed by atoms with Crippen molar-refractivity contribution in [1.82, 2.24) is 15.2 Å². The predicted molar refractivity (Wildman–Crippen MR) is 96.9 cm³/mol. The molecule has 9 heteroatoms. The van der Waals surface area contributed by atoms with Crippen molar-refractivity contribution >= 4 is 33.9 Å². The molecule has 0 saturated carbocycles. The first-order chi connectivity index (χ1) is 12.1. The molecular formula is C16H20FN5O2S. The van der Waals surface area contributed by atoms with E-state index in [1.165, 1.54) is 18.2 Å². The Labute approximate surface area is 149 Å². The highest BCUT2D eigenvalue weighted by molar-refractivity contribution is 7.80. The van der Waals surface area contributed by atoms with Crippen LogP contribution in [0.1, 0.15) is 6.42 Å². The summed E-state index contributed by atoms with van der Waals surface area (Å²) in [7, 11) is 0. The van der Waals surface area contributed by atoms with E-state index in [2.05, 4.69) is 25.4 Å². The molecule has 0 spiro atoms. The number of aromatic nitrogens is 1. The standard InChI is InChI=1S/C16H20FN5O2S/c17-11-2-3-13-12(10-11)14(15(23)19-13)20-21-16(25)18-4-1-5-22-6-8-24-9-7-22/h2-3,10,19,23H,1,4-9H2,(H,18,25). The first kappa shape index (κ1) is 17.7. The minimum atomic E-state index is -0.410. The number of H-pyrrole nitrogens is 1. The molecule has 2 heterocycles. The van der Waals surface area contributed by atoms with Crippen LogP contribution in [0.15, 0.2) is 28.4 Å². The van der Waals surface area contributed by atoms with Crippen LogP contribution in [0.2, 0.25) is 0 Å². The Morgan fingerprint density at radius 2 is 2.20 bits per heavy atom. The van der Waals surface area contributed by atoms with Gasteiger partial charge < -0.3 is 20.1 Å². The van der Waals surface area contributed by atoms with E-state index >= 15 is 0 Å². The largest absolute Gasteiger partial charge is 0.493 e. The Bertz CT molecular complexity index is 773. The summed E-state index contributed by atoms with van der Waals surface area (Å²) in [5.41, 5.74) is 0.754. The fourth-order valence-electron chi connectivity index (χ4n) is 2.69. The number of halogens is 1. The lowest BCUT2D eigenvalue weighted by molar-refractivity contribution is 0.0376. The fraction of sp³-hybridized carbons (Fsp3) is 0.438. The Morgan fingerprint density at radius 1 is 1.40 bits per heavy atom. The summed E-state index contributed by atoms with van der Waals surface area (Å²) >= 11 is 5.12. The maximum Gasteiger partial charge on any atom is 0.218 e. The Morgan fingerprint density at radius 3 is 3.00 bits per heavy atom. The molecule has 0 unspecified atom stereocenters. The zero-order valence-electron chi connectivity index (χ0n) is 13.7. The van der Waals surface area contributed by atoms with Gasteiger partial charge >= 0.3 is 0 Å². The number of fused-ring (bicyclic) bond motifs is 1. The van der Waals surface area contributed by atoms with Gasteiger partial charge in [-0.3, -0.25) is 4.90 Å². The number of thiocarbonyl (C=S) groups is 1. The van der Waals surface area contributed by atoms with Crippen LogP contribution in [-0.4, -0.2) is 59.5 Å². The molecule has 3 N–H and O–H groups in total. The van der Waals surface area contributed by atoms with Crippen molar-refractivity contribution in [1.29, 1.82) is 0 Å². The number of nitrogens with zero attached hydrogens (tertiary/aromatic N) is 3. The van der Waals surface area contributed by atoms with E-state index in [1.807, 2.05) is 0 Å². The lowest BCUT2D eigenvalue weighted by atomic mass is 10.2. The quantitative estimate of drug-likeness (QED) is 0.431. The molecule has 0 aliphatic carbocycles. The van der Waals surface area contributed by atoms with Gasteiger partial charge in [0.05, 0.1) is 18.7 Å². The summed E-state index contributed by atoms with van der Waals surface area (Å²) in [5, 5.41) is 21.4. The van der Waals surface area contributed by atoms with Crippen molar-refractivity contribution in [2.45, 2.75) is 6.42 Å². The van der Waals surface area contributed by atoms with E-state index in [4.69, 9.17) is 17.0 Å². The van der Waals surface area contributed by atoms with Crippen LogP contribution >= 0.6 is 12.2 Å². The lowest BCUT2D eigenvalue weighted by Gasteiger charge is -2.26. The van der Waals surface area contributed by atoms with Crippen LogP contribution in [0.25, 0.3) is 10.9 Å². The molecule has 7 nitrogen and oxygen atoms in total. The van der Waals surface area contributed by atoms with Crippen LogP contribution in [0.4, 0.5) is 10.1 Å². The molecule has 1 saturated heterocycles. The maximum atomic E-state index is 13.4. The third-order valence-electron chi connectivity index (χ3n) is 3.99. The molecule has 1 aliphatic heterocycles. The molecule has 0 atom stereocenters. The van der Waals surface area contributed by atoms with Gasteiger partial charge in [0.25, 0.3) is 0 Å². The number of benzene rings is 1. The number of aromatic hydroxyl groups is 1. The zero-order valence-corrected chi connectivity index (χ0v) is 14.5. The number of morpholine rings is 1. The monoisotopic (exact) mass is 365 g/mol. The second kappa shape index (κ2) is 8.32. The lowest BCUT2D eigenvalue weighted by Crippen LogP contribution is -2.37. The molecule has 1 fully saturated rings. The summed E-state index contributed by atoms with van der Waals surface area (Å²) in [6.45, 7) is 5.15. The van der Waals surface area contributed by atoms with Gasteiger partial charge in [-0.15, -0.1) is 10.2 Å². The number of aromatic amines is 1. The predicted octanol–water partition coefficient (Wildman–Crippen LogP) is 2.69.